The molecule has 1 aromatic carbocycles. The Morgan fingerprint density at radius 3 is 2.27 bits per heavy atom. The molecule has 1 heterocycles. The zero-order chi connectivity index (χ0) is 20.5. The van der Waals surface area contributed by atoms with E-state index in [0.29, 0.717) is 25.6 Å². The molecule has 1 aliphatic heterocycles. The minimum atomic E-state index is -0.436. The number of carbonyl (C=O) groups excluding carboxylic acids is 2. The van der Waals surface area contributed by atoms with Crippen LogP contribution in [0, 0.1) is 33.8 Å². The van der Waals surface area contributed by atoms with Gasteiger partial charge in [0.15, 0.2) is 5.96 Å². The highest BCUT2D eigenvalue weighted by atomic mass is 127. The molecule has 30 heavy (non-hydrogen) atoms. The van der Waals surface area contributed by atoms with E-state index < -0.39 is 4.92 Å². The van der Waals surface area contributed by atoms with Gasteiger partial charge in [-0.1, -0.05) is 24.3 Å². The van der Waals surface area contributed by atoms with E-state index in [0.717, 1.165) is 12.0 Å². The topological polar surface area (TPSA) is 117 Å². The zero-order valence-corrected chi connectivity index (χ0v) is 18.8. The molecule has 4 atom stereocenters. The van der Waals surface area contributed by atoms with Gasteiger partial charge in [0.1, 0.15) is 0 Å². The van der Waals surface area contributed by atoms with Crippen LogP contribution < -0.4 is 10.6 Å². The van der Waals surface area contributed by atoms with Crippen LogP contribution in [0.4, 0.5) is 5.69 Å². The number of fused-ring (bicyclic) bond motifs is 5. The quantitative estimate of drug-likeness (QED) is 0.111. The van der Waals surface area contributed by atoms with Gasteiger partial charge in [0.05, 0.1) is 16.8 Å². The number of non-ortho nitro benzene ring substituents is 1. The molecule has 2 bridgehead atoms. The normalized spacial score (nSPS) is 26.6. The van der Waals surface area contributed by atoms with Crippen LogP contribution >= 0.6 is 24.0 Å². The molecule has 0 spiro atoms. The highest BCUT2D eigenvalue weighted by molar-refractivity contribution is 14.0. The molecular formula is C20H24IN5O4. The summed E-state index contributed by atoms with van der Waals surface area (Å²) in [5.41, 5.74) is 0.920. The standard InChI is InChI=1S/C20H23N5O4.HI/c1-21-20(23-11-12-2-6-15(7-3-12)25(28)29)22-8-9-24-18(26)16-13-4-5-14(10-13)17(16)19(24)27;/h2-7,13-14,16-17H,8-11H2,1H3,(H2,21,22,23);1H. The van der Waals surface area contributed by atoms with Crippen LogP contribution in [0.3, 0.4) is 0 Å². The van der Waals surface area contributed by atoms with Crippen molar-refractivity contribution in [2.75, 3.05) is 20.1 Å². The number of halogens is 1. The fourth-order valence-corrected chi connectivity index (χ4v) is 4.61. The smallest absolute Gasteiger partial charge is 0.269 e. The predicted octanol–water partition coefficient (Wildman–Crippen LogP) is 1.68. The van der Waals surface area contributed by atoms with Gasteiger partial charge in [0.25, 0.3) is 5.69 Å². The summed E-state index contributed by atoms with van der Waals surface area (Å²) in [6, 6.07) is 6.27. The van der Waals surface area contributed by atoms with Crippen molar-refractivity contribution in [2.24, 2.45) is 28.7 Å². The number of hydrogen-bond acceptors (Lipinski definition) is 5. The van der Waals surface area contributed by atoms with Crippen LogP contribution in [0.2, 0.25) is 0 Å². The molecule has 10 heteroatoms. The molecule has 9 nitrogen and oxygen atoms in total. The molecule has 4 rings (SSSR count). The number of amides is 2. The van der Waals surface area contributed by atoms with Crippen LogP contribution in [0.1, 0.15) is 12.0 Å². The zero-order valence-electron chi connectivity index (χ0n) is 16.5. The Bertz CT molecular complexity index is 871. The number of aliphatic imine (C=N–C) groups is 1. The molecule has 2 amide bonds. The molecule has 4 unspecified atom stereocenters. The number of nitro benzene ring substituents is 1. The number of benzene rings is 1. The van der Waals surface area contributed by atoms with E-state index in [2.05, 4.69) is 27.8 Å². The lowest BCUT2D eigenvalue weighted by atomic mass is 9.85. The Morgan fingerprint density at radius 2 is 1.73 bits per heavy atom. The second-order valence-corrected chi connectivity index (χ2v) is 7.60. The van der Waals surface area contributed by atoms with Crippen molar-refractivity contribution < 1.29 is 14.5 Å². The minimum Gasteiger partial charge on any atom is -0.355 e. The van der Waals surface area contributed by atoms with Crippen LogP contribution in [0.5, 0.6) is 0 Å². The minimum absolute atomic E-state index is 0. The van der Waals surface area contributed by atoms with Crippen LogP contribution in [0.15, 0.2) is 41.4 Å². The van der Waals surface area contributed by atoms with Gasteiger partial charge in [-0.3, -0.25) is 29.6 Å². The average molecular weight is 525 g/mol. The van der Waals surface area contributed by atoms with E-state index >= 15 is 0 Å². The molecule has 2 N–H and O–H groups in total. The van der Waals surface area contributed by atoms with Gasteiger partial charge in [-0.2, -0.15) is 0 Å². The van der Waals surface area contributed by atoms with Crippen molar-refractivity contribution in [3.63, 3.8) is 0 Å². The summed E-state index contributed by atoms with van der Waals surface area (Å²) in [4.78, 5) is 41.1. The lowest BCUT2D eigenvalue weighted by molar-refractivity contribution is -0.384. The molecule has 0 radical (unpaired) electrons. The van der Waals surface area contributed by atoms with Crippen LogP contribution in [-0.2, 0) is 16.1 Å². The van der Waals surface area contributed by atoms with E-state index in [1.807, 2.05) is 0 Å². The molecule has 2 fully saturated rings. The van der Waals surface area contributed by atoms with Gasteiger partial charge in [-0.15, -0.1) is 24.0 Å². The van der Waals surface area contributed by atoms with E-state index in [1.54, 1.807) is 19.2 Å². The first-order chi connectivity index (χ1) is 14.0. The van der Waals surface area contributed by atoms with Gasteiger partial charge >= 0.3 is 0 Å². The Kier molecular flexibility index (Phi) is 6.74. The second-order valence-electron chi connectivity index (χ2n) is 7.60. The van der Waals surface area contributed by atoms with Gasteiger partial charge in [-0.05, 0) is 23.8 Å². The van der Waals surface area contributed by atoms with E-state index in [9.17, 15) is 19.7 Å². The maximum Gasteiger partial charge on any atom is 0.269 e. The SMILES string of the molecule is CN=C(NCCN1C(=O)C2C3C=CC(C3)C2C1=O)NCc1ccc([N+](=O)[O-])cc1.I. The molecule has 1 saturated carbocycles. The first-order valence-electron chi connectivity index (χ1n) is 9.71. The Balaban J connectivity index is 0.00000256. The maximum atomic E-state index is 12.7. The number of rotatable bonds is 6. The summed E-state index contributed by atoms with van der Waals surface area (Å²) in [6.45, 7) is 1.15. The number of allylic oxidation sites excluding steroid dienone is 2. The third kappa shape index (κ3) is 4.05. The maximum absolute atomic E-state index is 12.7. The van der Waals surface area contributed by atoms with Crippen LogP contribution in [0.25, 0.3) is 0 Å². The summed E-state index contributed by atoms with van der Waals surface area (Å²) in [5, 5.41) is 16.9. The van der Waals surface area contributed by atoms with Crippen molar-refractivity contribution in [2.45, 2.75) is 13.0 Å². The third-order valence-electron chi connectivity index (χ3n) is 6.02. The lowest BCUT2D eigenvalue weighted by Gasteiger charge is -2.18. The summed E-state index contributed by atoms with van der Waals surface area (Å²) in [5.74, 6) is 0.532. The van der Waals surface area contributed by atoms with E-state index in [-0.39, 0.29) is 65.2 Å². The predicted molar refractivity (Wildman–Crippen MR) is 121 cm³/mol. The number of hydrogen-bond donors (Lipinski definition) is 2. The summed E-state index contributed by atoms with van der Waals surface area (Å²) < 4.78 is 0. The molecular weight excluding hydrogens is 501 g/mol. The fraction of sp³-hybridized carbons (Fsp3) is 0.450. The third-order valence-corrected chi connectivity index (χ3v) is 6.02. The highest BCUT2D eigenvalue weighted by Gasteiger charge is 2.58. The number of imide groups is 1. The van der Waals surface area contributed by atoms with Crippen molar-refractivity contribution in [1.82, 2.24) is 15.5 Å². The first-order valence-corrected chi connectivity index (χ1v) is 9.71. The van der Waals surface area contributed by atoms with E-state index in [1.165, 1.54) is 17.0 Å². The molecule has 1 saturated heterocycles. The number of likely N-dealkylation sites (tertiary alicyclic amines) is 1. The van der Waals surface area contributed by atoms with Crippen molar-refractivity contribution in [3.8, 4) is 0 Å². The number of carbonyl (C=O) groups is 2. The molecule has 2 aliphatic carbocycles. The number of nitrogens with zero attached hydrogens (tertiary/aromatic N) is 3. The van der Waals surface area contributed by atoms with Gasteiger partial charge < -0.3 is 10.6 Å². The molecule has 160 valence electrons. The second kappa shape index (κ2) is 9.11. The Labute approximate surface area is 191 Å². The van der Waals surface area contributed by atoms with E-state index in [4.69, 9.17) is 0 Å². The fourth-order valence-electron chi connectivity index (χ4n) is 4.61. The molecule has 3 aliphatic rings. The van der Waals surface area contributed by atoms with Crippen molar-refractivity contribution in [1.29, 1.82) is 0 Å². The Hall–Kier alpha value is -2.50. The molecule has 1 aromatic rings. The van der Waals surface area contributed by atoms with Gasteiger partial charge in [0.2, 0.25) is 11.8 Å². The monoisotopic (exact) mass is 525 g/mol. The van der Waals surface area contributed by atoms with Crippen molar-refractivity contribution in [3.05, 3.63) is 52.1 Å². The van der Waals surface area contributed by atoms with Crippen molar-refractivity contribution >= 4 is 47.4 Å². The highest BCUT2D eigenvalue weighted by Crippen LogP contribution is 2.52. The molecule has 0 aromatic heterocycles. The summed E-state index contributed by atoms with van der Waals surface area (Å²) >= 11 is 0. The van der Waals surface area contributed by atoms with Gasteiger partial charge in [-0.25, -0.2) is 0 Å². The largest absolute Gasteiger partial charge is 0.355 e. The number of guanidine groups is 1. The average Bonchev–Trinajstić information content (AvgIpc) is 3.40. The first kappa shape index (κ1) is 22.2. The summed E-state index contributed by atoms with van der Waals surface area (Å²) in [7, 11) is 1.63. The summed E-state index contributed by atoms with van der Waals surface area (Å²) in [6.07, 6.45) is 5.10. The Morgan fingerprint density at radius 1 is 1.13 bits per heavy atom. The number of nitrogens with one attached hydrogen (secondary N) is 2. The van der Waals surface area contributed by atoms with Gasteiger partial charge in [0, 0.05) is 38.8 Å². The lowest BCUT2D eigenvalue weighted by Crippen LogP contribution is -2.43. The van der Waals surface area contributed by atoms with Crippen LogP contribution in [-0.4, -0.2) is 47.7 Å². The number of nitro groups is 1.